The van der Waals surface area contributed by atoms with Crippen LogP contribution in [0.1, 0.15) is 65.2 Å². The second-order valence-corrected chi connectivity index (χ2v) is 6.70. The van der Waals surface area contributed by atoms with Gasteiger partial charge in [0.05, 0.1) is 0 Å². The molecule has 152 valence electrons. The molecule has 1 N–H and O–H groups in total. The third-order valence-electron chi connectivity index (χ3n) is 4.17. The Balaban J connectivity index is 4.27. The Morgan fingerprint density at radius 2 is 1.73 bits per heavy atom. The predicted molar refractivity (Wildman–Crippen MR) is 105 cm³/mol. The van der Waals surface area contributed by atoms with E-state index < -0.39 is 12.2 Å². The Labute approximate surface area is 160 Å². The molecule has 0 aliphatic rings. The number of esters is 1. The van der Waals surface area contributed by atoms with E-state index in [1.54, 1.807) is 0 Å². The van der Waals surface area contributed by atoms with Gasteiger partial charge in [-0.2, -0.15) is 0 Å². The maximum Gasteiger partial charge on any atom is 0.407 e. The average molecular weight is 371 g/mol. The van der Waals surface area contributed by atoms with E-state index in [4.69, 9.17) is 9.47 Å². The van der Waals surface area contributed by atoms with Crippen LogP contribution in [-0.2, 0) is 14.3 Å². The van der Waals surface area contributed by atoms with Gasteiger partial charge < -0.3 is 19.7 Å². The van der Waals surface area contributed by atoms with Gasteiger partial charge in [0, 0.05) is 19.5 Å². The van der Waals surface area contributed by atoms with Gasteiger partial charge in [-0.05, 0) is 46.7 Å². The van der Waals surface area contributed by atoms with E-state index in [0.717, 1.165) is 32.4 Å². The van der Waals surface area contributed by atoms with Crippen LogP contribution in [0.25, 0.3) is 0 Å². The van der Waals surface area contributed by atoms with Crippen molar-refractivity contribution < 1.29 is 19.1 Å². The maximum atomic E-state index is 12.0. The van der Waals surface area contributed by atoms with Gasteiger partial charge in [0.15, 0.2) is 0 Å². The number of carbonyl (C=O) groups excluding carboxylic acids is 2. The van der Waals surface area contributed by atoms with Crippen LogP contribution in [0.2, 0.25) is 0 Å². The fraction of sp³-hybridized carbons (Fsp3) is 0.800. The summed E-state index contributed by atoms with van der Waals surface area (Å²) in [5.74, 6) is -0.357. The van der Waals surface area contributed by atoms with Crippen molar-refractivity contribution in [2.24, 2.45) is 0 Å². The molecule has 0 saturated carbocycles. The lowest BCUT2D eigenvalue weighted by Crippen LogP contribution is -2.35. The Morgan fingerprint density at radius 3 is 2.35 bits per heavy atom. The molecule has 6 nitrogen and oxygen atoms in total. The number of ether oxygens (including phenoxy) is 2. The summed E-state index contributed by atoms with van der Waals surface area (Å²) in [6.07, 6.45) is 5.80. The Bertz CT molecular complexity index is 375. The van der Waals surface area contributed by atoms with Gasteiger partial charge in [0.25, 0.3) is 0 Å². The number of carbonyl (C=O) groups is 2. The zero-order chi connectivity index (χ0) is 19.8. The maximum absolute atomic E-state index is 12.0. The number of hydrogen-bond acceptors (Lipinski definition) is 5. The highest BCUT2D eigenvalue weighted by Crippen LogP contribution is 2.14. The van der Waals surface area contributed by atoms with Gasteiger partial charge >= 0.3 is 12.1 Å². The molecule has 0 saturated heterocycles. The first kappa shape index (κ1) is 24.7. The molecule has 1 amide bonds. The van der Waals surface area contributed by atoms with Crippen molar-refractivity contribution in [2.45, 2.75) is 77.4 Å². The number of alkyl carbamates (subject to hydrolysis) is 1. The van der Waals surface area contributed by atoms with Gasteiger partial charge in [-0.25, -0.2) is 4.79 Å². The number of amides is 1. The van der Waals surface area contributed by atoms with Gasteiger partial charge in [0.1, 0.15) is 12.2 Å². The van der Waals surface area contributed by atoms with Crippen molar-refractivity contribution in [1.82, 2.24) is 10.2 Å². The molecule has 0 aromatic rings. The van der Waals surface area contributed by atoms with Gasteiger partial charge in [-0.1, -0.05) is 39.5 Å². The zero-order valence-electron chi connectivity index (χ0n) is 16.9. The van der Waals surface area contributed by atoms with Gasteiger partial charge in [-0.3, -0.25) is 4.79 Å². The molecule has 0 aromatic heterocycles. The third-order valence-corrected chi connectivity index (χ3v) is 4.17. The van der Waals surface area contributed by atoms with Gasteiger partial charge in [0.2, 0.25) is 0 Å². The summed E-state index contributed by atoms with van der Waals surface area (Å²) in [5.41, 5.74) is 0. The molecule has 1 atom stereocenters. The SMILES string of the molecule is [CH2]C([CH2])OC(=O)CCC(CCCCCCC)OC(=O)NCCN(C)CC. The van der Waals surface area contributed by atoms with E-state index in [0.29, 0.717) is 13.0 Å². The lowest BCUT2D eigenvalue weighted by Gasteiger charge is -2.19. The lowest BCUT2D eigenvalue weighted by molar-refractivity contribution is -0.146. The standard InChI is InChI=1S/C20H38N2O4/c1-6-8-9-10-11-12-18(13-14-19(23)25-17(3)4)26-20(24)21-15-16-22(5)7-2/h17-18H,3-4,6-16H2,1-2,5H3,(H,21,24). The predicted octanol–water partition coefficient (Wildman–Crippen LogP) is 3.75. The molecule has 2 radical (unpaired) electrons. The van der Waals surface area contributed by atoms with Crippen LogP contribution in [0, 0.1) is 13.8 Å². The topological polar surface area (TPSA) is 67.9 Å². The normalized spacial score (nSPS) is 12.3. The van der Waals surface area contributed by atoms with Crippen molar-refractivity contribution in [3.8, 4) is 0 Å². The number of hydrogen-bond donors (Lipinski definition) is 1. The minimum Gasteiger partial charge on any atom is -0.462 e. The largest absolute Gasteiger partial charge is 0.462 e. The average Bonchev–Trinajstić information content (AvgIpc) is 2.58. The summed E-state index contributed by atoms with van der Waals surface area (Å²) < 4.78 is 10.5. The first-order valence-electron chi connectivity index (χ1n) is 9.87. The molecule has 0 aliphatic carbocycles. The highest BCUT2D eigenvalue weighted by Gasteiger charge is 2.17. The second-order valence-electron chi connectivity index (χ2n) is 6.70. The molecule has 0 aliphatic heterocycles. The first-order valence-corrected chi connectivity index (χ1v) is 9.87. The van der Waals surface area contributed by atoms with Crippen molar-refractivity contribution in [3.63, 3.8) is 0 Å². The number of nitrogens with zero attached hydrogens (tertiary/aromatic N) is 1. The van der Waals surface area contributed by atoms with Crippen LogP contribution in [-0.4, -0.2) is 55.9 Å². The van der Waals surface area contributed by atoms with Gasteiger partial charge in [-0.15, -0.1) is 0 Å². The van der Waals surface area contributed by atoms with Crippen molar-refractivity contribution in [1.29, 1.82) is 0 Å². The van der Waals surface area contributed by atoms with Crippen molar-refractivity contribution in [2.75, 3.05) is 26.7 Å². The summed E-state index contributed by atoms with van der Waals surface area (Å²) in [4.78, 5) is 25.8. The molecular weight excluding hydrogens is 332 g/mol. The van der Waals surface area contributed by atoms with Crippen LogP contribution >= 0.6 is 0 Å². The molecule has 0 rings (SSSR count). The summed E-state index contributed by atoms with van der Waals surface area (Å²) in [5, 5.41) is 2.77. The summed E-state index contributed by atoms with van der Waals surface area (Å²) in [7, 11) is 2.00. The van der Waals surface area contributed by atoms with Crippen LogP contribution in [0.5, 0.6) is 0 Å². The van der Waals surface area contributed by atoms with E-state index in [1.165, 1.54) is 19.3 Å². The highest BCUT2D eigenvalue weighted by atomic mass is 16.6. The summed E-state index contributed by atoms with van der Waals surface area (Å²) in [6, 6.07) is 0. The number of rotatable bonds is 15. The zero-order valence-corrected chi connectivity index (χ0v) is 16.9. The summed E-state index contributed by atoms with van der Waals surface area (Å²) in [6.45, 7) is 13.5. The second kappa shape index (κ2) is 15.9. The molecule has 0 spiro atoms. The minimum absolute atomic E-state index is 0.201. The first-order chi connectivity index (χ1) is 12.4. The van der Waals surface area contributed by atoms with Crippen LogP contribution in [0.4, 0.5) is 4.79 Å². The third kappa shape index (κ3) is 15.0. The Kier molecular flexibility index (Phi) is 15.1. The molecular formula is C20H38N2O4. The minimum atomic E-state index is -0.616. The molecule has 26 heavy (non-hydrogen) atoms. The monoisotopic (exact) mass is 370 g/mol. The summed E-state index contributed by atoms with van der Waals surface area (Å²) >= 11 is 0. The lowest BCUT2D eigenvalue weighted by atomic mass is 10.0. The van der Waals surface area contributed by atoms with Crippen molar-refractivity contribution >= 4 is 12.1 Å². The van der Waals surface area contributed by atoms with Crippen LogP contribution < -0.4 is 5.32 Å². The quantitative estimate of drug-likeness (QED) is 0.351. The number of nitrogens with one attached hydrogen (secondary N) is 1. The van der Waals surface area contributed by atoms with E-state index in [1.807, 2.05) is 7.05 Å². The van der Waals surface area contributed by atoms with E-state index >= 15 is 0 Å². The van der Waals surface area contributed by atoms with E-state index in [2.05, 4.69) is 37.9 Å². The number of likely N-dealkylation sites (N-methyl/N-ethyl adjacent to an activating group) is 1. The van der Waals surface area contributed by atoms with E-state index in [9.17, 15) is 9.59 Å². The van der Waals surface area contributed by atoms with Crippen LogP contribution in [0.3, 0.4) is 0 Å². The smallest absolute Gasteiger partial charge is 0.407 e. The Hall–Kier alpha value is -1.30. The Morgan fingerprint density at radius 1 is 1.04 bits per heavy atom. The molecule has 0 bridgehead atoms. The van der Waals surface area contributed by atoms with E-state index in [-0.39, 0.29) is 18.5 Å². The molecule has 0 heterocycles. The van der Waals surface area contributed by atoms with Crippen molar-refractivity contribution in [3.05, 3.63) is 13.8 Å². The molecule has 0 aromatic carbocycles. The number of unbranched alkanes of at least 4 members (excludes halogenated alkanes) is 4. The van der Waals surface area contributed by atoms with Crippen LogP contribution in [0.15, 0.2) is 0 Å². The molecule has 6 heteroatoms. The highest BCUT2D eigenvalue weighted by molar-refractivity contribution is 5.70. The molecule has 1 unspecified atom stereocenters. The molecule has 0 fully saturated rings. The fourth-order valence-electron chi connectivity index (χ4n) is 2.46. The fourth-order valence-corrected chi connectivity index (χ4v) is 2.46.